The number of aliphatic hydroxyl groups is 1. The molecule has 4 aromatic carbocycles. The number of anilines is 1. The summed E-state index contributed by atoms with van der Waals surface area (Å²) in [7, 11) is 1.44. The first-order valence-electron chi connectivity index (χ1n) is 21.6. The Labute approximate surface area is 385 Å². The predicted molar refractivity (Wildman–Crippen MR) is 250 cm³/mol. The van der Waals surface area contributed by atoms with Crippen molar-refractivity contribution in [3.63, 3.8) is 0 Å². The van der Waals surface area contributed by atoms with Crippen LogP contribution in [0.4, 0.5) is 5.82 Å². The molecule has 0 saturated carbocycles. The van der Waals surface area contributed by atoms with Crippen molar-refractivity contribution in [2.75, 3.05) is 40.1 Å². The second kappa shape index (κ2) is 21.1. The molecule has 3 N–H and O–H groups in total. The van der Waals surface area contributed by atoms with E-state index in [0.29, 0.717) is 39.5 Å². The van der Waals surface area contributed by atoms with Gasteiger partial charge in [-0.3, -0.25) is 0 Å². The van der Waals surface area contributed by atoms with Gasteiger partial charge in [0.05, 0.1) is 0 Å². The summed E-state index contributed by atoms with van der Waals surface area (Å²) in [5, 5.41) is 35.3. The van der Waals surface area contributed by atoms with E-state index in [0.717, 1.165) is 0 Å². The number of nitriles is 1. The molecule has 5 aromatic rings. The van der Waals surface area contributed by atoms with E-state index in [9.17, 15) is 25.4 Å². The normalized spacial score (nSPS) is 19.4. The molecule has 0 aliphatic carbocycles. The minimum absolute atomic E-state index is 0.0552. The van der Waals surface area contributed by atoms with Crippen LogP contribution in [0, 0.1) is 27.4 Å². The van der Waals surface area contributed by atoms with E-state index in [2.05, 4.69) is 16.5 Å². The van der Waals surface area contributed by atoms with Crippen molar-refractivity contribution in [3.05, 3.63) is 158 Å². The summed E-state index contributed by atoms with van der Waals surface area (Å²) in [6.45, 7) is 7.55. The average Bonchev–Trinajstić information content (AvgIpc) is 3.61. The number of rotatable bonds is 21. The SMILES string of the molecule is CONc1ccn([C@]2(Cc3ccc(OC)c(OC)c3)O[C@H](C(O)[N+](=O)[O-])[C@@H](O[PH](O)(CCC#N)N(C(C)C)C(C)C)[C@H]2C(c2ccccc2)(c2ccccc2)c2ccc(OC)cc2)c(=O)n1. The number of hydrogen-bond donors (Lipinski definition) is 3. The molecule has 17 nitrogen and oxygen atoms in total. The summed E-state index contributed by atoms with van der Waals surface area (Å²) in [5.41, 5.74) is 0.498. The number of benzene rings is 4. The van der Waals surface area contributed by atoms with Gasteiger partial charge in [-0.1, -0.05) is 0 Å². The molecule has 0 amide bonds. The van der Waals surface area contributed by atoms with E-state index in [1.807, 2.05) is 105 Å². The number of nitrogens with one attached hydrogen (secondary N) is 1. The van der Waals surface area contributed by atoms with Crippen molar-refractivity contribution < 1.29 is 43.2 Å². The second-order valence-electron chi connectivity index (χ2n) is 16.6. The number of ether oxygens (including phenoxy) is 4. The van der Waals surface area contributed by atoms with Gasteiger partial charge < -0.3 is 0 Å². The summed E-state index contributed by atoms with van der Waals surface area (Å²) >= 11 is 0. The van der Waals surface area contributed by atoms with Gasteiger partial charge >= 0.3 is 386 Å². The van der Waals surface area contributed by atoms with Crippen molar-refractivity contribution in [2.45, 2.75) is 82.2 Å². The fraction of sp³-hybridized carbons (Fsp3) is 0.396. The van der Waals surface area contributed by atoms with Gasteiger partial charge in [0.2, 0.25) is 0 Å². The van der Waals surface area contributed by atoms with Crippen LogP contribution in [-0.2, 0) is 31.7 Å². The zero-order valence-electron chi connectivity index (χ0n) is 38.4. The Bertz CT molecular complexity index is 2460. The Hall–Kier alpha value is -5.96. The molecule has 1 fully saturated rings. The van der Waals surface area contributed by atoms with E-state index < -0.39 is 54.0 Å². The first-order chi connectivity index (χ1) is 31.6. The molecule has 18 heteroatoms. The summed E-state index contributed by atoms with van der Waals surface area (Å²) < 4.78 is 34.7. The summed E-state index contributed by atoms with van der Waals surface area (Å²) in [5.74, 6) is -0.00622. The molecule has 352 valence electrons. The van der Waals surface area contributed by atoms with E-state index >= 15 is 4.79 Å². The summed E-state index contributed by atoms with van der Waals surface area (Å²) in [6.07, 6.45) is -5.06. The molecular formula is C48H59N6O11P. The first-order valence-corrected chi connectivity index (χ1v) is 23.6. The van der Waals surface area contributed by atoms with Gasteiger partial charge in [-0.15, -0.1) is 0 Å². The molecule has 1 saturated heterocycles. The molecule has 0 bridgehead atoms. The second-order valence-corrected chi connectivity index (χ2v) is 19.3. The number of aromatic nitrogens is 2. The maximum absolute atomic E-state index is 15.0. The van der Waals surface area contributed by atoms with Gasteiger partial charge in [-0.2, -0.15) is 0 Å². The molecule has 1 aromatic heterocycles. The summed E-state index contributed by atoms with van der Waals surface area (Å²) in [6, 6.07) is 34.2. The Kier molecular flexibility index (Phi) is 15.8. The van der Waals surface area contributed by atoms with Gasteiger partial charge in [0.15, 0.2) is 0 Å². The number of nitrogens with zero attached hydrogens (tertiary/aromatic N) is 5. The Morgan fingerprint density at radius 1 is 0.909 bits per heavy atom. The molecule has 1 aliphatic heterocycles. The van der Waals surface area contributed by atoms with Gasteiger partial charge in [0.1, 0.15) is 0 Å². The molecule has 0 spiro atoms. The van der Waals surface area contributed by atoms with E-state index in [4.69, 9.17) is 28.3 Å². The van der Waals surface area contributed by atoms with Crippen LogP contribution < -0.4 is 25.4 Å². The molecule has 1 unspecified atom stereocenters. The van der Waals surface area contributed by atoms with Crippen LogP contribution in [0.5, 0.6) is 17.2 Å². The van der Waals surface area contributed by atoms with Crippen molar-refractivity contribution in [1.29, 1.82) is 5.26 Å². The molecule has 5 atom stereocenters. The number of nitro groups is 1. The van der Waals surface area contributed by atoms with E-state index in [1.54, 1.807) is 37.4 Å². The monoisotopic (exact) mass is 926 g/mol. The van der Waals surface area contributed by atoms with Crippen molar-refractivity contribution in [3.8, 4) is 23.3 Å². The van der Waals surface area contributed by atoms with Crippen LogP contribution in [0.1, 0.15) is 56.4 Å². The predicted octanol–water partition coefficient (Wildman–Crippen LogP) is 6.69. The third kappa shape index (κ3) is 9.49. The Morgan fingerprint density at radius 3 is 2.00 bits per heavy atom. The maximum atomic E-state index is 15.0. The minimum atomic E-state index is -4.46. The zero-order valence-corrected chi connectivity index (χ0v) is 39.4. The number of methoxy groups -OCH3 is 3. The van der Waals surface area contributed by atoms with Crippen molar-refractivity contribution in [1.82, 2.24) is 14.2 Å². The van der Waals surface area contributed by atoms with E-state index in [1.165, 1.54) is 38.2 Å². The topological polar surface area (TPSA) is 213 Å². The Morgan fingerprint density at radius 2 is 1.50 bits per heavy atom. The molecule has 2 heterocycles. The average molecular weight is 927 g/mol. The fourth-order valence-electron chi connectivity index (χ4n) is 9.86. The van der Waals surface area contributed by atoms with Gasteiger partial charge in [0.25, 0.3) is 0 Å². The van der Waals surface area contributed by atoms with Gasteiger partial charge in [0, 0.05) is 0 Å². The van der Waals surface area contributed by atoms with Gasteiger partial charge in [-0.05, 0) is 0 Å². The quantitative estimate of drug-likeness (QED) is 0.0230. The summed E-state index contributed by atoms with van der Waals surface area (Å²) in [4.78, 5) is 50.1. The first kappa shape index (κ1) is 49.5. The number of hydrogen-bond acceptors (Lipinski definition) is 15. The third-order valence-electron chi connectivity index (χ3n) is 12.2. The fourth-order valence-corrected chi connectivity index (χ4v) is 13.1. The molecule has 1 aliphatic rings. The van der Waals surface area contributed by atoms with E-state index in [-0.39, 0.29) is 36.9 Å². The Balaban J connectivity index is 1.90. The van der Waals surface area contributed by atoms with Crippen LogP contribution in [0.2, 0.25) is 0 Å². The van der Waals surface area contributed by atoms with Crippen LogP contribution in [-0.4, -0.2) is 94.3 Å². The molecular weight excluding hydrogens is 868 g/mol. The zero-order chi connectivity index (χ0) is 47.8. The van der Waals surface area contributed by atoms with Crippen LogP contribution in [0.25, 0.3) is 0 Å². The van der Waals surface area contributed by atoms with Crippen molar-refractivity contribution >= 4 is 13.7 Å². The molecule has 6 rings (SSSR count). The number of aliphatic hydroxyl groups excluding tert-OH is 1. The van der Waals surface area contributed by atoms with Crippen LogP contribution >= 0.6 is 7.87 Å². The third-order valence-corrected chi connectivity index (χ3v) is 15.6. The molecule has 0 radical (unpaired) electrons. The standard InChI is InChI=1S/C48H59N6O11P/c1-32(2)53(33(3)4)66(59,29-15-27-49)65-42-43(45(55)54(57)58)64-47(52-28-26-41(51-63-8)50-46(52)56,31-34-20-25-39(61-6)40(30-34)62-7)44(42)48(35-16-11-9-12-17-35,36-18-13-10-14-19-36)37-21-23-38(60-5)24-22-37/h9-14,16-26,28,30,32-33,42-45,55,59,66H,15,29,31H2,1-8H3,(H,50,51,56)/t42-,43+,44-,45?,47-/m1/s1. The van der Waals surface area contributed by atoms with Crippen molar-refractivity contribution in [2.24, 2.45) is 5.92 Å². The van der Waals surface area contributed by atoms with Crippen LogP contribution in [0.15, 0.2) is 120 Å². The van der Waals surface area contributed by atoms with Crippen LogP contribution in [0.3, 0.4) is 0 Å². The van der Waals surface area contributed by atoms with Gasteiger partial charge in [-0.25, -0.2) is 0 Å². The molecule has 66 heavy (non-hydrogen) atoms.